The highest BCUT2D eigenvalue weighted by Crippen LogP contribution is 2.26. The van der Waals surface area contributed by atoms with Crippen molar-refractivity contribution >= 4 is 17.8 Å². The molecule has 2 amide bonds. The molecule has 112 valence electrons. The number of anilines is 1. The second-order valence-corrected chi connectivity index (χ2v) is 3.71. The summed E-state index contributed by atoms with van der Waals surface area (Å²) in [5, 5.41) is 9.02. The lowest BCUT2D eigenvalue weighted by atomic mass is 10.4. The standard InChI is InChI=1S/C10H8F3N5O3/c11-10(12,13)8-16-9(18-17-8)15-6(19)4-14-7(20)5-2-1-3-21-5/h1-3H,4H2,(H,14,20)(H2,15,16,17,18,19). The van der Waals surface area contributed by atoms with Gasteiger partial charge in [0.2, 0.25) is 17.7 Å². The SMILES string of the molecule is O=C(CNC(=O)c1ccco1)Nc1n[nH]c(C(F)(F)F)n1. The lowest BCUT2D eigenvalue weighted by molar-refractivity contribution is -0.144. The normalized spacial score (nSPS) is 11.2. The van der Waals surface area contributed by atoms with Crippen molar-refractivity contribution in [3.05, 3.63) is 30.0 Å². The lowest BCUT2D eigenvalue weighted by Crippen LogP contribution is -2.32. The Hall–Kier alpha value is -2.85. The van der Waals surface area contributed by atoms with E-state index in [9.17, 15) is 22.8 Å². The van der Waals surface area contributed by atoms with Gasteiger partial charge in [0, 0.05) is 0 Å². The van der Waals surface area contributed by atoms with Crippen LogP contribution in [0.3, 0.4) is 0 Å². The molecular weight excluding hydrogens is 295 g/mol. The average molecular weight is 303 g/mol. The van der Waals surface area contributed by atoms with Gasteiger partial charge in [-0.05, 0) is 12.1 Å². The molecule has 21 heavy (non-hydrogen) atoms. The number of halogens is 3. The van der Waals surface area contributed by atoms with E-state index >= 15 is 0 Å². The Morgan fingerprint density at radius 2 is 2.14 bits per heavy atom. The van der Waals surface area contributed by atoms with Gasteiger partial charge in [0.1, 0.15) is 0 Å². The first-order chi connectivity index (χ1) is 9.86. The zero-order valence-electron chi connectivity index (χ0n) is 10.2. The number of aromatic amines is 1. The van der Waals surface area contributed by atoms with Crippen LogP contribution in [0.5, 0.6) is 0 Å². The van der Waals surface area contributed by atoms with Crippen LogP contribution in [0.2, 0.25) is 0 Å². The summed E-state index contributed by atoms with van der Waals surface area (Å²) in [6.45, 7) is -0.477. The molecule has 0 aliphatic carbocycles. The minimum absolute atomic E-state index is 0.0000483. The zero-order valence-corrected chi connectivity index (χ0v) is 10.2. The topological polar surface area (TPSA) is 113 Å². The predicted octanol–water partition coefficient (Wildman–Crippen LogP) is 0.785. The summed E-state index contributed by atoms with van der Waals surface area (Å²) in [7, 11) is 0. The number of carbonyl (C=O) groups is 2. The Kier molecular flexibility index (Phi) is 3.91. The fourth-order valence-electron chi connectivity index (χ4n) is 1.27. The molecule has 0 saturated carbocycles. The van der Waals surface area contributed by atoms with Crippen LogP contribution in [-0.4, -0.2) is 33.5 Å². The van der Waals surface area contributed by atoms with Crippen LogP contribution in [0.1, 0.15) is 16.4 Å². The summed E-state index contributed by atoms with van der Waals surface area (Å²) in [5.41, 5.74) is 0. The Morgan fingerprint density at radius 3 is 2.71 bits per heavy atom. The molecule has 0 aromatic carbocycles. The Balaban J connectivity index is 1.85. The van der Waals surface area contributed by atoms with E-state index in [1.807, 2.05) is 5.32 Å². The number of H-pyrrole nitrogens is 1. The number of nitrogens with zero attached hydrogens (tertiary/aromatic N) is 2. The fourth-order valence-corrected chi connectivity index (χ4v) is 1.27. The molecule has 2 aromatic heterocycles. The molecule has 8 nitrogen and oxygen atoms in total. The van der Waals surface area contributed by atoms with E-state index in [0.717, 1.165) is 0 Å². The summed E-state index contributed by atoms with van der Waals surface area (Å²) in [6, 6.07) is 2.87. The van der Waals surface area contributed by atoms with Crippen LogP contribution in [0, 0.1) is 0 Å². The predicted molar refractivity (Wildman–Crippen MR) is 61.1 cm³/mol. The highest BCUT2D eigenvalue weighted by molar-refractivity contribution is 5.97. The third kappa shape index (κ3) is 3.81. The maximum Gasteiger partial charge on any atom is 0.451 e. The third-order valence-electron chi connectivity index (χ3n) is 2.16. The summed E-state index contributed by atoms with van der Waals surface area (Å²) < 4.78 is 41.5. The summed E-state index contributed by atoms with van der Waals surface area (Å²) in [4.78, 5) is 25.9. The maximum atomic E-state index is 12.2. The van der Waals surface area contributed by atoms with Crippen molar-refractivity contribution in [1.29, 1.82) is 0 Å². The minimum atomic E-state index is -4.69. The Labute approximate surface area is 114 Å². The van der Waals surface area contributed by atoms with Crippen molar-refractivity contribution in [2.45, 2.75) is 6.18 Å². The molecule has 0 atom stereocenters. The second-order valence-electron chi connectivity index (χ2n) is 3.71. The van der Waals surface area contributed by atoms with Gasteiger partial charge in [-0.25, -0.2) is 0 Å². The molecule has 0 aliphatic rings. The molecule has 2 heterocycles. The number of nitrogens with one attached hydrogen (secondary N) is 3. The van der Waals surface area contributed by atoms with E-state index in [-0.39, 0.29) is 5.76 Å². The molecule has 0 unspecified atom stereocenters. The second kappa shape index (κ2) is 5.64. The molecule has 11 heteroatoms. The summed E-state index contributed by atoms with van der Waals surface area (Å²) in [6.07, 6.45) is -3.41. The quantitative estimate of drug-likeness (QED) is 0.772. The maximum absolute atomic E-state index is 12.2. The molecule has 2 rings (SSSR count). The van der Waals surface area contributed by atoms with Gasteiger partial charge in [-0.3, -0.25) is 20.0 Å². The van der Waals surface area contributed by atoms with Gasteiger partial charge >= 0.3 is 6.18 Å². The van der Waals surface area contributed by atoms with Gasteiger partial charge in [-0.15, -0.1) is 5.10 Å². The average Bonchev–Trinajstić information content (AvgIpc) is 3.05. The van der Waals surface area contributed by atoms with Crippen molar-refractivity contribution in [2.24, 2.45) is 0 Å². The lowest BCUT2D eigenvalue weighted by Gasteiger charge is -2.02. The number of furan rings is 1. The first-order valence-corrected chi connectivity index (χ1v) is 5.47. The van der Waals surface area contributed by atoms with Crippen molar-refractivity contribution in [3.8, 4) is 0 Å². The smallest absolute Gasteiger partial charge is 0.451 e. The van der Waals surface area contributed by atoms with Gasteiger partial charge in [0.15, 0.2) is 5.76 Å². The van der Waals surface area contributed by atoms with Crippen LogP contribution >= 0.6 is 0 Å². The minimum Gasteiger partial charge on any atom is -0.459 e. The zero-order chi connectivity index (χ0) is 15.5. The number of alkyl halides is 3. The number of hydrogen-bond acceptors (Lipinski definition) is 5. The van der Waals surface area contributed by atoms with Crippen molar-refractivity contribution < 1.29 is 27.2 Å². The van der Waals surface area contributed by atoms with Gasteiger partial charge in [-0.2, -0.15) is 18.2 Å². The Morgan fingerprint density at radius 1 is 1.38 bits per heavy atom. The first kappa shape index (κ1) is 14.6. The van der Waals surface area contributed by atoms with E-state index < -0.39 is 36.3 Å². The molecular formula is C10H8F3N5O3. The van der Waals surface area contributed by atoms with Crippen LogP contribution < -0.4 is 10.6 Å². The van der Waals surface area contributed by atoms with Gasteiger partial charge in [-0.1, -0.05) is 0 Å². The summed E-state index contributed by atoms with van der Waals surface area (Å²) >= 11 is 0. The summed E-state index contributed by atoms with van der Waals surface area (Å²) in [5.74, 6) is -3.30. The Bertz CT molecular complexity index is 635. The fraction of sp³-hybridized carbons (Fsp3) is 0.200. The number of hydrogen-bond donors (Lipinski definition) is 3. The molecule has 0 bridgehead atoms. The van der Waals surface area contributed by atoms with Crippen LogP contribution in [0.25, 0.3) is 0 Å². The monoisotopic (exact) mass is 303 g/mol. The van der Waals surface area contributed by atoms with Crippen molar-refractivity contribution in [3.63, 3.8) is 0 Å². The molecule has 0 radical (unpaired) electrons. The van der Waals surface area contributed by atoms with E-state index in [4.69, 9.17) is 4.42 Å². The largest absolute Gasteiger partial charge is 0.459 e. The number of amides is 2. The number of aromatic nitrogens is 3. The van der Waals surface area contributed by atoms with Crippen molar-refractivity contribution in [2.75, 3.05) is 11.9 Å². The molecule has 0 fully saturated rings. The van der Waals surface area contributed by atoms with Crippen LogP contribution in [0.15, 0.2) is 22.8 Å². The van der Waals surface area contributed by atoms with Crippen LogP contribution in [-0.2, 0) is 11.0 Å². The van der Waals surface area contributed by atoms with Gasteiger partial charge in [0.25, 0.3) is 5.91 Å². The van der Waals surface area contributed by atoms with Gasteiger partial charge in [0.05, 0.1) is 12.8 Å². The van der Waals surface area contributed by atoms with Crippen molar-refractivity contribution in [1.82, 2.24) is 20.5 Å². The molecule has 0 saturated heterocycles. The molecule has 2 aromatic rings. The molecule has 3 N–H and O–H groups in total. The van der Waals surface area contributed by atoms with Gasteiger partial charge < -0.3 is 9.73 Å². The molecule has 0 spiro atoms. The van der Waals surface area contributed by atoms with E-state index in [1.165, 1.54) is 18.4 Å². The van der Waals surface area contributed by atoms with E-state index in [1.54, 1.807) is 5.10 Å². The van der Waals surface area contributed by atoms with E-state index in [0.29, 0.717) is 0 Å². The highest BCUT2D eigenvalue weighted by Gasteiger charge is 2.35. The van der Waals surface area contributed by atoms with Crippen LogP contribution in [0.4, 0.5) is 19.1 Å². The molecule has 0 aliphatic heterocycles. The highest BCUT2D eigenvalue weighted by atomic mass is 19.4. The first-order valence-electron chi connectivity index (χ1n) is 5.47. The number of carbonyl (C=O) groups excluding carboxylic acids is 2. The van der Waals surface area contributed by atoms with E-state index in [2.05, 4.69) is 15.4 Å². The number of rotatable bonds is 4. The third-order valence-corrected chi connectivity index (χ3v) is 2.16.